The molecule has 0 aliphatic rings. The number of benzene rings is 2. The van der Waals surface area contributed by atoms with E-state index in [9.17, 15) is 9.59 Å². The SMILES string of the molecule is CC(C)C(=O)OCOCc1ccc([I+]c2ccc(OCC(=O)OC(C)(C)C)cc2)cc1. The molecule has 0 aromatic heterocycles. The molecule has 0 heterocycles. The van der Waals surface area contributed by atoms with Crippen LogP contribution in [0.5, 0.6) is 5.75 Å². The van der Waals surface area contributed by atoms with Crippen LogP contribution < -0.4 is 25.9 Å². The van der Waals surface area contributed by atoms with Crippen LogP contribution in [0.2, 0.25) is 0 Å². The summed E-state index contributed by atoms with van der Waals surface area (Å²) >= 11 is -0.329. The van der Waals surface area contributed by atoms with Crippen LogP contribution in [-0.4, -0.2) is 30.9 Å². The van der Waals surface area contributed by atoms with Gasteiger partial charge in [0.05, 0.1) is 12.5 Å². The fourth-order valence-electron chi connectivity index (χ4n) is 2.30. The minimum atomic E-state index is -0.517. The van der Waals surface area contributed by atoms with Crippen molar-refractivity contribution in [3.05, 3.63) is 61.2 Å². The van der Waals surface area contributed by atoms with Gasteiger partial charge < -0.3 is 18.9 Å². The molecule has 2 rings (SSSR count). The summed E-state index contributed by atoms with van der Waals surface area (Å²) in [5, 5.41) is 0. The second-order valence-electron chi connectivity index (χ2n) is 8.13. The smallest absolute Gasteiger partial charge is 0.357 e. The summed E-state index contributed by atoms with van der Waals surface area (Å²) in [6, 6.07) is 16.0. The Kier molecular flexibility index (Phi) is 9.77. The van der Waals surface area contributed by atoms with Gasteiger partial charge in [0.2, 0.25) is 0 Å². The van der Waals surface area contributed by atoms with Crippen LogP contribution in [0.1, 0.15) is 40.2 Å². The monoisotopic (exact) mass is 541 g/mol. The molecule has 0 amide bonds. The number of ether oxygens (including phenoxy) is 4. The predicted molar refractivity (Wildman–Crippen MR) is 112 cm³/mol. The van der Waals surface area contributed by atoms with Crippen molar-refractivity contribution in [1.82, 2.24) is 0 Å². The normalized spacial score (nSPS) is 11.3. The molecule has 2 aromatic rings. The second-order valence-corrected chi connectivity index (χ2v) is 11.2. The number of esters is 2. The van der Waals surface area contributed by atoms with Crippen molar-refractivity contribution in [2.24, 2.45) is 5.92 Å². The highest BCUT2D eigenvalue weighted by atomic mass is 127. The Morgan fingerprint density at radius 2 is 1.52 bits per heavy atom. The topological polar surface area (TPSA) is 71.1 Å². The van der Waals surface area contributed by atoms with E-state index in [0.717, 1.165) is 5.56 Å². The average Bonchev–Trinajstić information content (AvgIpc) is 2.70. The molecule has 0 fully saturated rings. The highest BCUT2D eigenvalue weighted by Gasteiger charge is 2.18. The maximum Gasteiger partial charge on any atom is 0.357 e. The summed E-state index contributed by atoms with van der Waals surface area (Å²) < 4.78 is 23.6. The highest BCUT2D eigenvalue weighted by Crippen LogP contribution is 2.11. The van der Waals surface area contributed by atoms with Crippen LogP contribution in [0, 0.1) is 13.1 Å². The van der Waals surface area contributed by atoms with Crippen LogP contribution in [0.25, 0.3) is 0 Å². The Balaban J connectivity index is 1.76. The summed E-state index contributed by atoms with van der Waals surface area (Å²) in [7, 11) is 0. The van der Waals surface area contributed by atoms with Crippen LogP contribution in [0.3, 0.4) is 0 Å². The molecule has 0 radical (unpaired) electrons. The molecule has 0 unspecified atom stereocenters. The average molecular weight is 541 g/mol. The number of rotatable bonds is 10. The molecule has 0 N–H and O–H groups in total. The van der Waals surface area contributed by atoms with Gasteiger partial charge in [-0.3, -0.25) is 4.79 Å². The fourth-order valence-corrected chi connectivity index (χ4v) is 4.46. The largest absolute Gasteiger partial charge is 0.482 e. The third-order valence-corrected chi connectivity index (χ3v) is 6.43. The van der Waals surface area contributed by atoms with Gasteiger partial charge in [-0.2, -0.15) is 0 Å². The molecule has 2 aromatic carbocycles. The first-order chi connectivity index (χ1) is 14.6. The van der Waals surface area contributed by atoms with Crippen molar-refractivity contribution in [1.29, 1.82) is 0 Å². The number of carbonyl (C=O) groups is 2. The Labute approximate surface area is 194 Å². The maximum atomic E-state index is 11.7. The van der Waals surface area contributed by atoms with Gasteiger partial charge in [-0.1, -0.05) is 26.0 Å². The standard InChI is InChI=1S/C24H30IO6/c1-17(2)23(27)30-16-28-14-18-6-8-19(9-7-18)25-20-10-12-21(13-11-20)29-15-22(26)31-24(3,4)5/h6-13,17H,14-16H2,1-5H3/q+1. The van der Waals surface area contributed by atoms with Gasteiger partial charge in [0.1, 0.15) is 11.4 Å². The fraction of sp³-hybridized carbons (Fsp3) is 0.417. The Bertz CT molecular complexity index is 838. The van der Waals surface area contributed by atoms with Gasteiger partial charge in [-0.05, 0) is 62.7 Å². The van der Waals surface area contributed by atoms with Crippen LogP contribution in [0.15, 0.2) is 48.5 Å². The van der Waals surface area contributed by atoms with Crippen molar-refractivity contribution < 1.29 is 49.7 Å². The van der Waals surface area contributed by atoms with E-state index in [1.807, 2.05) is 57.2 Å². The van der Waals surface area contributed by atoms with Gasteiger partial charge in [0.15, 0.2) is 20.5 Å². The Hall–Kier alpha value is -2.13. The van der Waals surface area contributed by atoms with Crippen molar-refractivity contribution in [3.63, 3.8) is 0 Å². The second kappa shape index (κ2) is 12.0. The minimum absolute atomic E-state index is 0.0337. The van der Waals surface area contributed by atoms with Crippen LogP contribution in [0.4, 0.5) is 0 Å². The Morgan fingerprint density at radius 3 is 2.06 bits per heavy atom. The lowest BCUT2D eigenvalue weighted by atomic mass is 10.2. The summed E-state index contributed by atoms with van der Waals surface area (Å²) in [6.07, 6.45) is 0. The lowest BCUT2D eigenvalue weighted by Crippen LogP contribution is -3.61. The van der Waals surface area contributed by atoms with Crippen LogP contribution >= 0.6 is 0 Å². The van der Waals surface area contributed by atoms with Crippen molar-refractivity contribution in [3.8, 4) is 5.75 Å². The first-order valence-corrected chi connectivity index (χ1v) is 12.2. The number of hydrogen-bond acceptors (Lipinski definition) is 6. The summed E-state index contributed by atoms with van der Waals surface area (Å²) in [5.41, 5.74) is 0.510. The van der Waals surface area contributed by atoms with E-state index in [4.69, 9.17) is 18.9 Å². The highest BCUT2D eigenvalue weighted by molar-refractivity contribution is 5.71. The van der Waals surface area contributed by atoms with Crippen molar-refractivity contribution in [2.45, 2.75) is 46.8 Å². The quantitative estimate of drug-likeness (QED) is 0.195. The van der Waals surface area contributed by atoms with E-state index in [1.165, 1.54) is 7.14 Å². The Morgan fingerprint density at radius 1 is 0.935 bits per heavy atom. The minimum Gasteiger partial charge on any atom is -0.482 e. The third-order valence-electron chi connectivity index (χ3n) is 3.75. The molecule has 0 aliphatic heterocycles. The molecular formula is C24H30IO6+. The molecule has 0 aliphatic carbocycles. The first-order valence-electron chi connectivity index (χ1n) is 10.1. The van der Waals surface area contributed by atoms with E-state index >= 15 is 0 Å². The molecule has 6 nitrogen and oxygen atoms in total. The molecule has 7 heteroatoms. The summed E-state index contributed by atoms with van der Waals surface area (Å²) in [6.45, 7) is 9.31. The van der Waals surface area contributed by atoms with Gasteiger partial charge in [0, 0.05) is 0 Å². The van der Waals surface area contributed by atoms with E-state index in [1.54, 1.807) is 13.8 Å². The molecule has 0 atom stereocenters. The third kappa shape index (κ3) is 10.1. The van der Waals surface area contributed by atoms with Crippen LogP contribution in [-0.2, 0) is 30.4 Å². The summed E-state index contributed by atoms with van der Waals surface area (Å²) in [4.78, 5) is 23.1. The molecule has 31 heavy (non-hydrogen) atoms. The number of halogens is 1. The number of hydrogen-bond donors (Lipinski definition) is 0. The zero-order valence-corrected chi connectivity index (χ0v) is 20.8. The molecule has 0 saturated heterocycles. The van der Waals surface area contributed by atoms with Crippen molar-refractivity contribution in [2.75, 3.05) is 13.4 Å². The molecule has 0 spiro atoms. The first kappa shape index (κ1) is 25.1. The molecule has 0 bridgehead atoms. The van der Waals surface area contributed by atoms with Gasteiger partial charge >= 0.3 is 33.1 Å². The van der Waals surface area contributed by atoms with E-state index in [-0.39, 0.29) is 52.5 Å². The molecular weight excluding hydrogens is 511 g/mol. The lowest BCUT2D eigenvalue weighted by molar-refractivity contribution is -0.597. The zero-order valence-electron chi connectivity index (χ0n) is 18.6. The van der Waals surface area contributed by atoms with E-state index < -0.39 is 5.60 Å². The maximum absolute atomic E-state index is 11.7. The zero-order chi connectivity index (χ0) is 22.9. The van der Waals surface area contributed by atoms with E-state index in [0.29, 0.717) is 12.4 Å². The molecule has 0 saturated carbocycles. The molecule has 168 valence electrons. The lowest BCUT2D eigenvalue weighted by Gasteiger charge is -2.19. The van der Waals surface area contributed by atoms with Crippen molar-refractivity contribution >= 4 is 11.9 Å². The number of carbonyl (C=O) groups excluding carboxylic acids is 2. The van der Waals surface area contributed by atoms with E-state index in [2.05, 4.69) is 12.1 Å². The van der Waals surface area contributed by atoms with Gasteiger partial charge in [-0.15, -0.1) is 0 Å². The van der Waals surface area contributed by atoms with Gasteiger partial charge in [-0.25, -0.2) is 4.79 Å². The summed E-state index contributed by atoms with van der Waals surface area (Å²) in [5.74, 6) is -0.158. The predicted octanol–water partition coefficient (Wildman–Crippen LogP) is 1.21. The van der Waals surface area contributed by atoms with Gasteiger partial charge in [0.25, 0.3) is 0 Å².